The first-order valence-corrected chi connectivity index (χ1v) is 12.1. The van der Waals surface area contributed by atoms with E-state index in [4.69, 9.17) is 10.8 Å². The van der Waals surface area contributed by atoms with Gasteiger partial charge in [0.1, 0.15) is 23.7 Å². The molecule has 0 radical (unpaired) electrons. The van der Waals surface area contributed by atoms with Gasteiger partial charge in [-0.25, -0.2) is 19.6 Å². The second-order valence-corrected chi connectivity index (χ2v) is 9.17. The van der Waals surface area contributed by atoms with Gasteiger partial charge in [-0.15, -0.1) is 0 Å². The second-order valence-electron chi connectivity index (χ2n) is 9.17. The maximum absolute atomic E-state index is 12.7. The lowest BCUT2D eigenvalue weighted by atomic mass is 10.1. The Kier molecular flexibility index (Phi) is 6.39. The van der Waals surface area contributed by atoms with Crippen molar-refractivity contribution in [2.45, 2.75) is 33.2 Å². The minimum atomic E-state index is -0.255. The number of pyridine rings is 1. The van der Waals surface area contributed by atoms with Crippen LogP contribution in [0.1, 0.15) is 42.2 Å². The fraction of sp³-hybridized carbons (Fsp3) is 0.259. The Morgan fingerprint density at radius 2 is 1.92 bits per heavy atom. The average molecular weight is 497 g/mol. The molecule has 0 aliphatic carbocycles. The van der Waals surface area contributed by atoms with Crippen LogP contribution < -0.4 is 11.1 Å². The molecule has 4 aromatic rings. The highest BCUT2D eigenvalue weighted by Crippen LogP contribution is 2.34. The molecule has 4 heterocycles. The van der Waals surface area contributed by atoms with Crippen LogP contribution in [0.4, 0.5) is 11.6 Å². The normalized spacial score (nSPS) is 15.8. The van der Waals surface area contributed by atoms with Crippen molar-refractivity contribution in [1.29, 1.82) is 0 Å². The molecule has 1 aliphatic rings. The van der Waals surface area contributed by atoms with Gasteiger partial charge < -0.3 is 16.0 Å². The van der Waals surface area contributed by atoms with Crippen molar-refractivity contribution in [2.24, 2.45) is 0 Å². The van der Waals surface area contributed by atoms with Crippen molar-refractivity contribution in [1.82, 2.24) is 29.6 Å². The quantitative estimate of drug-likeness (QED) is 0.402. The molecule has 0 bridgehead atoms. The van der Waals surface area contributed by atoms with Gasteiger partial charge in [0, 0.05) is 36.0 Å². The molecular formula is C27H28N8O2. The molecule has 1 aromatic carbocycles. The monoisotopic (exact) mass is 496 g/mol. The van der Waals surface area contributed by atoms with E-state index in [-0.39, 0.29) is 17.9 Å². The molecule has 1 atom stereocenters. The van der Waals surface area contributed by atoms with Crippen LogP contribution in [0.5, 0.6) is 0 Å². The molecule has 0 unspecified atom stereocenters. The van der Waals surface area contributed by atoms with Crippen LogP contribution >= 0.6 is 0 Å². The summed E-state index contributed by atoms with van der Waals surface area (Å²) in [7, 11) is 0. The molecule has 188 valence electrons. The van der Waals surface area contributed by atoms with E-state index in [9.17, 15) is 9.59 Å². The highest BCUT2D eigenvalue weighted by Gasteiger charge is 2.31. The van der Waals surface area contributed by atoms with E-state index in [2.05, 4.69) is 20.3 Å². The van der Waals surface area contributed by atoms with E-state index in [1.54, 1.807) is 18.3 Å². The molecule has 0 saturated carbocycles. The zero-order valence-electron chi connectivity index (χ0n) is 21.0. The third-order valence-electron chi connectivity index (χ3n) is 6.66. The Bertz CT molecular complexity index is 1520. The van der Waals surface area contributed by atoms with E-state index < -0.39 is 0 Å². The number of benzene rings is 1. The number of allylic oxidation sites excluding steroid dienone is 1. The highest BCUT2D eigenvalue weighted by molar-refractivity contribution is 6.04. The molecule has 10 heteroatoms. The van der Waals surface area contributed by atoms with Gasteiger partial charge in [-0.2, -0.15) is 5.10 Å². The molecule has 3 aromatic heterocycles. The van der Waals surface area contributed by atoms with Gasteiger partial charge in [0.25, 0.3) is 5.91 Å². The largest absolute Gasteiger partial charge is 0.383 e. The first kappa shape index (κ1) is 24.1. The molecule has 1 saturated heterocycles. The molecular weight excluding hydrogens is 468 g/mol. The number of nitrogens with zero attached hydrogens (tertiary/aromatic N) is 6. The third kappa shape index (κ3) is 4.65. The Labute approximate surface area is 214 Å². The lowest BCUT2D eigenvalue weighted by Crippen LogP contribution is -2.29. The van der Waals surface area contributed by atoms with Crippen molar-refractivity contribution in [3.63, 3.8) is 0 Å². The number of hydrogen-bond donors (Lipinski definition) is 2. The SMILES string of the molecule is C/C=C(/C)C(=O)N1CC[C@@H](n2nc(-c3ccc(C(=O)Nc4cc(C)ccn4)cc3)c3c(N)ncnc32)C1. The molecule has 10 nitrogen and oxygen atoms in total. The number of likely N-dealkylation sites (tertiary alicyclic amines) is 1. The van der Waals surface area contributed by atoms with E-state index >= 15 is 0 Å². The number of hydrogen-bond acceptors (Lipinski definition) is 7. The number of aryl methyl sites for hydroxylation is 1. The maximum atomic E-state index is 12.7. The number of aromatic nitrogens is 5. The van der Waals surface area contributed by atoms with Crippen LogP contribution in [0.15, 0.2) is 60.6 Å². The van der Waals surface area contributed by atoms with Crippen molar-refractivity contribution >= 4 is 34.5 Å². The molecule has 3 N–H and O–H groups in total. The number of carbonyl (C=O) groups excluding carboxylic acids is 2. The Morgan fingerprint density at radius 3 is 2.65 bits per heavy atom. The molecule has 2 amide bonds. The minimum absolute atomic E-state index is 0.0329. The van der Waals surface area contributed by atoms with Crippen molar-refractivity contribution in [3.8, 4) is 11.3 Å². The van der Waals surface area contributed by atoms with Crippen LogP contribution in [-0.4, -0.2) is 54.5 Å². The number of nitrogens with one attached hydrogen (secondary N) is 1. The van der Waals surface area contributed by atoms with E-state index in [0.717, 1.165) is 23.1 Å². The number of amides is 2. The smallest absolute Gasteiger partial charge is 0.256 e. The fourth-order valence-corrected chi connectivity index (χ4v) is 4.52. The molecule has 1 aliphatic heterocycles. The average Bonchev–Trinajstić information content (AvgIpc) is 3.54. The highest BCUT2D eigenvalue weighted by atomic mass is 16.2. The summed E-state index contributed by atoms with van der Waals surface area (Å²) in [6.45, 7) is 6.81. The summed E-state index contributed by atoms with van der Waals surface area (Å²) < 4.78 is 1.85. The summed E-state index contributed by atoms with van der Waals surface area (Å²) in [5.74, 6) is 0.604. The van der Waals surface area contributed by atoms with Crippen molar-refractivity contribution in [2.75, 3.05) is 24.1 Å². The molecule has 0 spiro atoms. The lowest BCUT2D eigenvalue weighted by Gasteiger charge is -2.17. The van der Waals surface area contributed by atoms with Crippen LogP contribution in [0.25, 0.3) is 22.3 Å². The predicted octanol–water partition coefficient (Wildman–Crippen LogP) is 3.77. The van der Waals surface area contributed by atoms with Gasteiger partial charge in [0.15, 0.2) is 5.65 Å². The van der Waals surface area contributed by atoms with Crippen LogP contribution in [0.3, 0.4) is 0 Å². The molecule has 5 rings (SSSR count). The number of nitrogen functional groups attached to an aromatic ring is 1. The summed E-state index contributed by atoms with van der Waals surface area (Å²) in [5, 5.41) is 8.35. The summed E-state index contributed by atoms with van der Waals surface area (Å²) in [6, 6.07) is 10.8. The minimum Gasteiger partial charge on any atom is -0.383 e. The van der Waals surface area contributed by atoms with E-state index in [0.29, 0.717) is 47.0 Å². The zero-order valence-corrected chi connectivity index (χ0v) is 21.0. The van der Waals surface area contributed by atoms with Crippen molar-refractivity contribution < 1.29 is 9.59 Å². The zero-order chi connectivity index (χ0) is 26.1. The number of fused-ring (bicyclic) bond motifs is 1. The summed E-state index contributed by atoms with van der Waals surface area (Å²) in [6.07, 6.45) is 5.67. The Morgan fingerprint density at radius 1 is 1.14 bits per heavy atom. The van der Waals surface area contributed by atoms with Gasteiger partial charge in [-0.05, 0) is 57.0 Å². The number of rotatable bonds is 5. The van der Waals surface area contributed by atoms with Gasteiger partial charge in [-0.3, -0.25) is 9.59 Å². The second kappa shape index (κ2) is 9.81. The van der Waals surface area contributed by atoms with Gasteiger partial charge in [-0.1, -0.05) is 18.2 Å². The Balaban J connectivity index is 1.44. The number of nitrogens with two attached hydrogens (primary N) is 1. The number of carbonyl (C=O) groups is 2. The molecule has 1 fully saturated rings. The van der Waals surface area contributed by atoms with Crippen LogP contribution in [-0.2, 0) is 4.79 Å². The Hall–Kier alpha value is -4.60. The van der Waals surface area contributed by atoms with E-state index in [1.165, 1.54) is 6.33 Å². The van der Waals surface area contributed by atoms with E-state index in [1.807, 2.05) is 60.7 Å². The first-order chi connectivity index (χ1) is 17.9. The van der Waals surface area contributed by atoms with Crippen molar-refractivity contribution in [3.05, 3.63) is 71.7 Å². The standard InChI is InChI=1S/C27H28N8O2/c1-4-17(3)27(37)34-12-10-20(14-34)35-25-22(24(28)30-15-31-25)23(33-35)18-5-7-19(8-6-18)26(36)32-21-13-16(2)9-11-29-21/h4-9,11,13,15,20H,10,12,14H2,1-3H3,(H2,28,30,31)(H,29,32,36)/b17-4-/t20-/m1/s1. The maximum Gasteiger partial charge on any atom is 0.256 e. The lowest BCUT2D eigenvalue weighted by molar-refractivity contribution is -0.126. The van der Waals surface area contributed by atoms with Crippen LogP contribution in [0.2, 0.25) is 0 Å². The first-order valence-electron chi connectivity index (χ1n) is 12.1. The summed E-state index contributed by atoms with van der Waals surface area (Å²) in [5.41, 5.74) is 10.5. The third-order valence-corrected chi connectivity index (χ3v) is 6.66. The van der Waals surface area contributed by atoms with Gasteiger partial charge in [0.2, 0.25) is 5.91 Å². The topological polar surface area (TPSA) is 132 Å². The predicted molar refractivity (Wildman–Crippen MR) is 142 cm³/mol. The fourth-order valence-electron chi connectivity index (χ4n) is 4.52. The molecule has 37 heavy (non-hydrogen) atoms. The van der Waals surface area contributed by atoms with Gasteiger partial charge in [0.05, 0.1) is 11.4 Å². The van der Waals surface area contributed by atoms with Crippen LogP contribution in [0, 0.1) is 6.92 Å². The van der Waals surface area contributed by atoms with Gasteiger partial charge >= 0.3 is 0 Å². The summed E-state index contributed by atoms with van der Waals surface area (Å²) >= 11 is 0. The summed E-state index contributed by atoms with van der Waals surface area (Å²) in [4.78, 5) is 40.1. The number of anilines is 2.